The van der Waals surface area contributed by atoms with Crippen molar-refractivity contribution in [1.29, 1.82) is 0 Å². The number of aryl methyl sites for hydroxylation is 1. The van der Waals surface area contributed by atoms with E-state index in [0.29, 0.717) is 5.56 Å². The molecule has 1 heterocycles. The van der Waals surface area contributed by atoms with Gasteiger partial charge in [0, 0.05) is 12.5 Å². The Labute approximate surface area is 74.5 Å². The van der Waals surface area contributed by atoms with E-state index in [1.54, 1.807) is 13.0 Å². The predicted molar refractivity (Wildman–Crippen MR) is 43.1 cm³/mol. The zero-order valence-electron chi connectivity index (χ0n) is 6.67. The van der Waals surface area contributed by atoms with E-state index in [0.717, 1.165) is 0 Å². The van der Waals surface area contributed by atoms with Crippen molar-refractivity contribution in [3.63, 3.8) is 0 Å². The molecule has 0 aliphatic rings. The lowest BCUT2D eigenvalue weighted by atomic mass is 10.3. The van der Waals surface area contributed by atoms with Crippen molar-refractivity contribution in [2.24, 2.45) is 0 Å². The van der Waals surface area contributed by atoms with Crippen LogP contribution in [0.2, 0.25) is 5.15 Å². The average molecular weight is 187 g/mol. The van der Waals surface area contributed by atoms with Crippen LogP contribution in [0, 0.1) is 6.92 Å². The van der Waals surface area contributed by atoms with Gasteiger partial charge in [0.05, 0.1) is 0 Å². The third-order valence-corrected chi connectivity index (χ3v) is 1.33. The van der Waals surface area contributed by atoms with Crippen LogP contribution in [0.15, 0.2) is 6.07 Å². The van der Waals surface area contributed by atoms with Crippen LogP contribution in [-0.4, -0.2) is 16.2 Å². The fourth-order valence-electron chi connectivity index (χ4n) is 0.678. The summed E-state index contributed by atoms with van der Waals surface area (Å²) in [6.07, 6.45) is 0. The van der Waals surface area contributed by atoms with Gasteiger partial charge in [-0.05, 0) is 13.0 Å². The molecule has 0 aromatic carbocycles. The number of carbonyl (C=O) groups excluding carboxylic acids is 1. The van der Waals surface area contributed by atoms with Gasteiger partial charge in [0.2, 0.25) is 5.88 Å². The highest BCUT2D eigenvalue weighted by Crippen LogP contribution is 2.15. The molecule has 64 valence electrons. The maximum atomic E-state index is 10.5. The summed E-state index contributed by atoms with van der Waals surface area (Å²) in [5.74, 6) is -0.221. The lowest BCUT2D eigenvalue weighted by Gasteiger charge is -2.01. The number of nitrogens with zero attached hydrogens (tertiary/aromatic N) is 2. The number of esters is 1. The van der Waals surface area contributed by atoms with E-state index in [1.165, 1.54) is 6.92 Å². The molecule has 0 atom stereocenters. The summed E-state index contributed by atoms with van der Waals surface area (Å²) >= 11 is 5.54. The first-order valence-corrected chi connectivity index (χ1v) is 3.65. The first-order chi connectivity index (χ1) is 5.59. The molecule has 5 heteroatoms. The van der Waals surface area contributed by atoms with Crippen molar-refractivity contribution >= 4 is 17.6 Å². The van der Waals surface area contributed by atoms with Crippen LogP contribution >= 0.6 is 11.6 Å². The Morgan fingerprint density at radius 2 is 2.25 bits per heavy atom. The second kappa shape index (κ2) is 3.49. The van der Waals surface area contributed by atoms with Gasteiger partial charge in [-0.15, -0.1) is 10.2 Å². The lowest BCUT2D eigenvalue weighted by Crippen LogP contribution is -2.05. The molecular formula is C7H7ClN2O2. The van der Waals surface area contributed by atoms with Crippen LogP contribution in [0.3, 0.4) is 0 Å². The molecule has 0 fully saturated rings. The van der Waals surface area contributed by atoms with E-state index in [4.69, 9.17) is 16.3 Å². The molecule has 4 nitrogen and oxygen atoms in total. The molecule has 0 radical (unpaired) electrons. The molecule has 0 aliphatic heterocycles. The first kappa shape index (κ1) is 8.93. The van der Waals surface area contributed by atoms with Crippen molar-refractivity contribution in [3.8, 4) is 5.88 Å². The number of halogens is 1. The largest absolute Gasteiger partial charge is 0.406 e. The van der Waals surface area contributed by atoms with Gasteiger partial charge in [-0.2, -0.15) is 0 Å². The first-order valence-electron chi connectivity index (χ1n) is 3.28. The summed E-state index contributed by atoms with van der Waals surface area (Å²) in [5.41, 5.74) is 0.685. The molecule has 0 spiro atoms. The molecule has 0 aliphatic carbocycles. The fourth-order valence-corrected chi connectivity index (χ4v) is 0.880. The molecule has 0 saturated carbocycles. The molecule has 1 rings (SSSR count). The Morgan fingerprint density at radius 1 is 1.58 bits per heavy atom. The van der Waals surface area contributed by atoms with Crippen molar-refractivity contribution in [1.82, 2.24) is 10.2 Å². The van der Waals surface area contributed by atoms with Gasteiger partial charge >= 0.3 is 5.97 Å². The molecular weight excluding hydrogens is 180 g/mol. The highest BCUT2D eigenvalue weighted by molar-refractivity contribution is 6.29. The van der Waals surface area contributed by atoms with Gasteiger partial charge in [-0.25, -0.2) is 0 Å². The topological polar surface area (TPSA) is 52.1 Å². The minimum atomic E-state index is -0.422. The number of hydrogen-bond acceptors (Lipinski definition) is 4. The molecule has 0 N–H and O–H groups in total. The van der Waals surface area contributed by atoms with E-state index in [2.05, 4.69) is 10.2 Å². The van der Waals surface area contributed by atoms with Gasteiger partial charge < -0.3 is 4.74 Å². The number of hydrogen-bond donors (Lipinski definition) is 0. The zero-order chi connectivity index (χ0) is 9.14. The molecule has 0 unspecified atom stereocenters. The van der Waals surface area contributed by atoms with Crippen LogP contribution in [0.5, 0.6) is 5.88 Å². The van der Waals surface area contributed by atoms with E-state index in [1.807, 2.05) is 0 Å². The molecule has 0 amide bonds. The minimum Gasteiger partial charge on any atom is -0.406 e. The highest BCUT2D eigenvalue weighted by atomic mass is 35.5. The fraction of sp³-hybridized carbons (Fsp3) is 0.286. The number of rotatable bonds is 1. The van der Waals surface area contributed by atoms with Crippen LogP contribution in [0.25, 0.3) is 0 Å². The highest BCUT2D eigenvalue weighted by Gasteiger charge is 2.05. The van der Waals surface area contributed by atoms with Crippen molar-refractivity contribution in [3.05, 3.63) is 16.8 Å². The normalized spacial score (nSPS) is 9.58. The smallest absolute Gasteiger partial charge is 0.309 e. The average Bonchev–Trinajstić information content (AvgIpc) is 1.94. The Hall–Kier alpha value is -1.16. The van der Waals surface area contributed by atoms with Crippen LogP contribution in [0.4, 0.5) is 0 Å². The minimum absolute atomic E-state index is 0.201. The van der Waals surface area contributed by atoms with Gasteiger partial charge in [0.1, 0.15) is 0 Å². The van der Waals surface area contributed by atoms with E-state index < -0.39 is 5.97 Å². The van der Waals surface area contributed by atoms with Crippen LogP contribution in [0.1, 0.15) is 12.5 Å². The van der Waals surface area contributed by atoms with Crippen molar-refractivity contribution < 1.29 is 9.53 Å². The second-order valence-corrected chi connectivity index (χ2v) is 2.64. The SMILES string of the molecule is CC(=O)Oc1nnc(Cl)cc1C. The standard InChI is InChI=1S/C7H7ClN2O2/c1-4-3-6(8)9-10-7(4)12-5(2)11/h3H,1-2H3. The quantitative estimate of drug-likeness (QED) is 0.622. The van der Waals surface area contributed by atoms with Crippen LogP contribution < -0.4 is 4.74 Å². The lowest BCUT2D eigenvalue weighted by molar-refractivity contribution is -0.132. The number of aromatic nitrogens is 2. The predicted octanol–water partition coefficient (Wildman–Crippen LogP) is 1.36. The monoisotopic (exact) mass is 186 g/mol. The molecule has 0 saturated heterocycles. The van der Waals surface area contributed by atoms with Crippen molar-refractivity contribution in [2.45, 2.75) is 13.8 Å². The molecule has 1 aromatic heterocycles. The number of ether oxygens (including phenoxy) is 1. The third-order valence-electron chi connectivity index (χ3n) is 1.15. The summed E-state index contributed by atoms with van der Waals surface area (Å²) in [6.45, 7) is 3.04. The van der Waals surface area contributed by atoms with Gasteiger partial charge in [-0.1, -0.05) is 11.6 Å². The molecule has 0 bridgehead atoms. The maximum absolute atomic E-state index is 10.5. The number of carbonyl (C=O) groups is 1. The van der Waals surface area contributed by atoms with Crippen molar-refractivity contribution in [2.75, 3.05) is 0 Å². The van der Waals surface area contributed by atoms with E-state index in [9.17, 15) is 4.79 Å². The summed E-state index contributed by atoms with van der Waals surface area (Å²) in [7, 11) is 0. The second-order valence-electron chi connectivity index (χ2n) is 2.25. The Bertz CT molecular complexity index is 314. The maximum Gasteiger partial charge on any atom is 0.309 e. The van der Waals surface area contributed by atoms with Crippen LogP contribution in [-0.2, 0) is 4.79 Å². The van der Waals surface area contributed by atoms with Gasteiger partial charge in [0.25, 0.3) is 0 Å². The van der Waals surface area contributed by atoms with Gasteiger partial charge in [0.15, 0.2) is 5.15 Å². The Kier molecular flexibility index (Phi) is 2.60. The Balaban J connectivity index is 2.93. The molecule has 1 aromatic rings. The summed E-state index contributed by atoms with van der Waals surface area (Å²) in [4.78, 5) is 10.5. The summed E-state index contributed by atoms with van der Waals surface area (Å²) in [6, 6.07) is 1.58. The summed E-state index contributed by atoms with van der Waals surface area (Å²) in [5, 5.41) is 7.41. The zero-order valence-corrected chi connectivity index (χ0v) is 7.42. The van der Waals surface area contributed by atoms with E-state index in [-0.39, 0.29) is 11.0 Å². The van der Waals surface area contributed by atoms with E-state index >= 15 is 0 Å². The molecule has 12 heavy (non-hydrogen) atoms. The van der Waals surface area contributed by atoms with Gasteiger partial charge in [-0.3, -0.25) is 4.79 Å². The Morgan fingerprint density at radius 3 is 2.75 bits per heavy atom. The summed E-state index contributed by atoms with van der Waals surface area (Å²) < 4.78 is 4.73. The third kappa shape index (κ3) is 2.17.